The molecule has 0 heterocycles. The molecule has 0 N–H and O–H groups in total. The minimum atomic E-state index is -0.00773. The summed E-state index contributed by atoms with van der Waals surface area (Å²) in [5.41, 5.74) is 30.7. The van der Waals surface area contributed by atoms with Gasteiger partial charge < -0.3 is 0 Å². The normalized spacial score (nSPS) is 12.0. The van der Waals surface area contributed by atoms with E-state index in [2.05, 4.69) is 487 Å². The quantitative estimate of drug-likeness (QED) is 0.120. The molecule has 0 heteroatoms. The number of benzene rings is 23. The zero-order chi connectivity index (χ0) is 81.9. The minimum Gasteiger partial charge on any atom is -0.0622 e. The van der Waals surface area contributed by atoms with Gasteiger partial charge in [-0.1, -0.05) is 451 Å². The van der Waals surface area contributed by atoms with Crippen molar-refractivity contribution in [3.8, 4) is 122 Å². The molecule has 24 rings (SSSR count). The molecule has 576 valence electrons. The van der Waals surface area contributed by atoms with Crippen LogP contribution in [0, 0.1) is 0 Å². The van der Waals surface area contributed by atoms with Gasteiger partial charge >= 0.3 is 0 Å². The highest BCUT2D eigenvalue weighted by Crippen LogP contribution is 2.53. The van der Waals surface area contributed by atoms with Gasteiger partial charge in [-0.2, -0.15) is 0 Å². The molecule has 0 fully saturated rings. The third-order valence-corrected chi connectivity index (χ3v) is 25.7. The molecular weight excluding hydrogens is 1480 g/mol. The Morgan fingerprint density at radius 3 is 0.821 bits per heavy atom. The van der Waals surface area contributed by atoms with E-state index in [4.69, 9.17) is 0 Å². The van der Waals surface area contributed by atoms with Crippen LogP contribution in [0.15, 0.2) is 473 Å². The molecule has 0 unspecified atom stereocenters. The average molecular weight is 1560 g/mol. The van der Waals surface area contributed by atoms with Crippen molar-refractivity contribution >= 4 is 97.0 Å². The standard InChI is InChI=1S/C47H34.C44H28.C32H22/c1-47(2)43-20-12-11-17-37(43)38-27-25-36(30-44(38)47)32-23-21-31(22-24-32)35-26-28-41-42(29-35)46(34-15-7-4-8-16-34)40-19-10-9-18-39(40)45(41)33-13-5-3-6-14-33;1-3-13-32-26-35(22-20-29(32)10-1)43-39-17-7-8-18-40(39)44(36-23-21-30-11-2-4-14-33(30)27-36)42-28-34(24-25-41(42)43)38-19-9-15-31-12-5-6-16-37(31)38;1-4-12-23(13-5-1)26-20-21-29-30(22-26)32(25-16-8-3-9-17-25)28-19-11-10-18-27(28)31(29)24-14-6-2-7-15-24/h3-30H,1-2H3;1-28H;1-22H. The van der Waals surface area contributed by atoms with Crippen molar-refractivity contribution in [2.45, 2.75) is 19.3 Å². The lowest BCUT2D eigenvalue weighted by molar-refractivity contribution is 0.660. The molecule has 0 spiro atoms. The summed E-state index contributed by atoms with van der Waals surface area (Å²) in [5.74, 6) is 0. The first-order valence-electron chi connectivity index (χ1n) is 42.8. The first kappa shape index (κ1) is 73.7. The van der Waals surface area contributed by atoms with Gasteiger partial charge in [0.05, 0.1) is 0 Å². The van der Waals surface area contributed by atoms with Gasteiger partial charge in [0.15, 0.2) is 0 Å². The Balaban J connectivity index is 0.000000112. The van der Waals surface area contributed by atoms with Crippen LogP contribution in [0.1, 0.15) is 25.0 Å². The second kappa shape index (κ2) is 31.3. The van der Waals surface area contributed by atoms with Crippen LogP contribution in [0.25, 0.3) is 219 Å². The molecule has 0 radical (unpaired) electrons. The van der Waals surface area contributed by atoms with Gasteiger partial charge in [0.2, 0.25) is 0 Å². The van der Waals surface area contributed by atoms with Crippen molar-refractivity contribution in [2.24, 2.45) is 0 Å². The second-order valence-corrected chi connectivity index (χ2v) is 33.2. The van der Waals surface area contributed by atoms with Crippen LogP contribution in [0.5, 0.6) is 0 Å². The summed E-state index contributed by atoms with van der Waals surface area (Å²) in [5, 5.41) is 22.9. The van der Waals surface area contributed by atoms with Crippen LogP contribution in [-0.4, -0.2) is 0 Å². The Morgan fingerprint density at radius 2 is 0.382 bits per heavy atom. The van der Waals surface area contributed by atoms with E-state index in [0.29, 0.717) is 0 Å². The molecule has 0 atom stereocenters. The van der Waals surface area contributed by atoms with Crippen LogP contribution in [0.3, 0.4) is 0 Å². The largest absolute Gasteiger partial charge is 0.0622 e. The average Bonchev–Trinajstić information content (AvgIpc) is 1.03. The molecule has 0 bridgehead atoms. The van der Waals surface area contributed by atoms with Crippen LogP contribution in [0.4, 0.5) is 0 Å². The molecular formula is C123H84. The van der Waals surface area contributed by atoms with Gasteiger partial charge in [0.25, 0.3) is 0 Å². The lowest BCUT2D eigenvalue weighted by Gasteiger charge is -2.22. The van der Waals surface area contributed by atoms with Crippen molar-refractivity contribution < 1.29 is 0 Å². The summed E-state index contributed by atoms with van der Waals surface area (Å²) in [6.45, 7) is 4.70. The monoisotopic (exact) mass is 1560 g/mol. The molecule has 1 aliphatic carbocycles. The summed E-state index contributed by atoms with van der Waals surface area (Å²) < 4.78 is 0. The maximum atomic E-state index is 2.43. The van der Waals surface area contributed by atoms with Crippen molar-refractivity contribution in [2.75, 3.05) is 0 Å². The van der Waals surface area contributed by atoms with Crippen molar-refractivity contribution in [1.82, 2.24) is 0 Å². The molecule has 0 amide bonds. The Morgan fingerprint density at radius 1 is 0.122 bits per heavy atom. The fourth-order valence-electron chi connectivity index (χ4n) is 19.9. The Kier molecular flexibility index (Phi) is 18.8. The minimum absolute atomic E-state index is 0.00773. The molecule has 0 saturated carbocycles. The topological polar surface area (TPSA) is 0 Å². The Bertz CT molecular complexity index is 8010. The molecule has 0 aliphatic heterocycles. The number of rotatable bonds is 10. The van der Waals surface area contributed by atoms with Crippen molar-refractivity contribution in [1.29, 1.82) is 0 Å². The lowest BCUT2D eigenvalue weighted by Crippen LogP contribution is -2.14. The molecule has 0 aromatic heterocycles. The van der Waals surface area contributed by atoms with Gasteiger partial charge in [-0.15, -0.1) is 0 Å². The van der Waals surface area contributed by atoms with Crippen LogP contribution < -0.4 is 0 Å². The molecule has 123 heavy (non-hydrogen) atoms. The number of hydrogen-bond acceptors (Lipinski definition) is 0. The fourth-order valence-corrected chi connectivity index (χ4v) is 19.9. The molecule has 0 nitrogen and oxygen atoms in total. The van der Waals surface area contributed by atoms with Crippen molar-refractivity contribution in [3.05, 3.63) is 484 Å². The first-order valence-corrected chi connectivity index (χ1v) is 42.8. The number of hydrogen-bond donors (Lipinski definition) is 0. The summed E-state index contributed by atoms with van der Waals surface area (Å²) in [6.07, 6.45) is 0. The molecule has 1 aliphatic rings. The molecule has 23 aromatic carbocycles. The SMILES string of the molecule is CC1(C)c2ccccc2-c2ccc(-c3ccc(-c4ccc5c(-c6ccccc6)c6ccccc6c(-c6ccccc6)c5c4)cc3)cc21.c1ccc(-c2ccc3c(-c4ccccc4)c4ccccc4c(-c4ccccc4)c3c2)cc1.c1ccc2cc(-c3c4ccccc4c(-c4ccc5ccccc5c4)c4cc(-c5cccc6ccccc56)ccc34)ccc2c1. The third-order valence-electron chi connectivity index (χ3n) is 25.7. The predicted octanol–water partition coefficient (Wildman–Crippen LogP) is 34.4. The number of fused-ring (bicyclic) bond motifs is 12. The Hall–Kier alpha value is -15.6. The van der Waals surface area contributed by atoms with Gasteiger partial charge in [0.1, 0.15) is 0 Å². The van der Waals surface area contributed by atoms with E-state index in [1.165, 1.54) is 230 Å². The van der Waals surface area contributed by atoms with Crippen LogP contribution in [0.2, 0.25) is 0 Å². The van der Waals surface area contributed by atoms with Gasteiger partial charge in [-0.05, 0) is 267 Å². The summed E-state index contributed by atoms with van der Waals surface area (Å²) in [6, 6.07) is 173. The van der Waals surface area contributed by atoms with E-state index in [0.717, 1.165) is 0 Å². The molecule has 0 saturated heterocycles. The third kappa shape index (κ3) is 13.3. The highest BCUT2D eigenvalue weighted by Gasteiger charge is 2.35. The smallest absolute Gasteiger partial charge is 0.0159 e. The van der Waals surface area contributed by atoms with E-state index in [1.54, 1.807) is 0 Å². The van der Waals surface area contributed by atoms with Crippen molar-refractivity contribution in [3.63, 3.8) is 0 Å². The van der Waals surface area contributed by atoms with E-state index < -0.39 is 0 Å². The van der Waals surface area contributed by atoms with Gasteiger partial charge in [-0.3, -0.25) is 0 Å². The molecule has 23 aromatic rings. The maximum Gasteiger partial charge on any atom is 0.0159 e. The zero-order valence-corrected chi connectivity index (χ0v) is 68.5. The van der Waals surface area contributed by atoms with E-state index in [-0.39, 0.29) is 5.41 Å². The maximum absolute atomic E-state index is 2.43. The van der Waals surface area contributed by atoms with Gasteiger partial charge in [-0.25, -0.2) is 0 Å². The lowest BCUT2D eigenvalue weighted by atomic mass is 9.81. The highest BCUT2D eigenvalue weighted by molar-refractivity contribution is 6.26. The Labute approximate surface area is 717 Å². The van der Waals surface area contributed by atoms with E-state index in [9.17, 15) is 0 Å². The van der Waals surface area contributed by atoms with Crippen LogP contribution in [-0.2, 0) is 5.41 Å². The fraction of sp³-hybridized carbons (Fsp3) is 0.0244. The zero-order valence-electron chi connectivity index (χ0n) is 68.5. The van der Waals surface area contributed by atoms with E-state index >= 15 is 0 Å². The summed E-state index contributed by atoms with van der Waals surface area (Å²) in [7, 11) is 0. The van der Waals surface area contributed by atoms with Gasteiger partial charge in [0, 0.05) is 5.41 Å². The second-order valence-electron chi connectivity index (χ2n) is 33.2. The van der Waals surface area contributed by atoms with E-state index in [1.807, 2.05) is 0 Å². The summed E-state index contributed by atoms with van der Waals surface area (Å²) >= 11 is 0. The highest BCUT2D eigenvalue weighted by atomic mass is 14.4. The first-order chi connectivity index (χ1) is 60.8. The predicted molar refractivity (Wildman–Crippen MR) is 529 cm³/mol. The summed E-state index contributed by atoms with van der Waals surface area (Å²) in [4.78, 5) is 0. The van der Waals surface area contributed by atoms with Crippen LogP contribution >= 0.6 is 0 Å².